The molecule has 0 aliphatic rings. The van der Waals surface area contributed by atoms with Crippen molar-refractivity contribution in [1.82, 2.24) is 5.32 Å². The van der Waals surface area contributed by atoms with Crippen LogP contribution in [0.15, 0.2) is 0 Å². The average Bonchev–Trinajstić information content (AvgIpc) is 1.83. The molecule has 46 valence electrons. The van der Waals surface area contributed by atoms with Crippen LogP contribution in [-0.2, 0) is 4.79 Å². The summed E-state index contributed by atoms with van der Waals surface area (Å²) in [5.74, 6) is 0.444. The number of carbonyl (C=O) groups excluding carboxylic acids is 1. The van der Waals surface area contributed by atoms with Crippen molar-refractivity contribution in [2.45, 2.75) is 0 Å². The van der Waals surface area contributed by atoms with Gasteiger partial charge in [-0.2, -0.15) is 0 Å². The average molecular weight is 149 g/mol. The lowest BCUT2D eigenvalue weighted by Crippen LogP contribution is -2.11. The molecule has 0 amide bonds. The van der Waals surface area contributed by atoms with Crippen molar-refractivity contribution in [2.75, 3.05) is 12.8 Å². The Hall–Kier alpha value is -0.0900. The molecule has 0 radical (unpaired) electrons. The molecule has 2 nitrogen and oxygen atoms in total. The van der Waals surface area contributed by atoms with E-state index in [1.807, 2.05) is 0 Å². The molecule has 0 aromatic carbocycles. The fraction of sp³-hybridized carbons (Fsp3) is 0.500. The Morgan fingerprint density at radius 3 is 3.00 bits per heavy atom. The van der Waals surface area contributed by atoms with E-state index in [0.29, 0.717) is 10.1 Å². The zero-order chi connectivity index (χ0) is 6.41. The zero-order valence-corrected chi connectivity index (χ0v) is 6.14. The standard InChI is InChI=1S/C4H7NOS2/c1-5-4(7)8-3-2-6/h2H,3H2,1H3,(H,5,7). The molecule has 4 heteroatoms. The maximum atomic E-state index is 9.72. The van der Waals surface area contributed by atoms with Gasteiger partial charge in [0.1, 0.15) is 10.6 Å². The Kier molecular flexibility index (Phi) is 5.00. The number of rotatable bonds is 2. The number of aldehydes is 1. The van der Waals surface area contributed by atoms with Crippen LogP contribution in [0.3, 0.4) is 0 Å². The van der Waals surface area contributed by atoms with Gasteiger partial charge in [-0.05, 0) is 0 Å². The molecule has 0 aromatic heterocycles. The Bertz CT molecular complexity index is 94.0. The summed E-state index contributed by atoms with van der Waals surface area (Å²) in [6.07, 6.45) is 0.828. The zero-order valence-electron chi connectivity index (χ0n) is 4.51. The minimum absolute atomic E-state index is 0.444. The molecule has 0 saturated heterocycles. The van der Waals surface area contributed by atoms with Gasteiger partial charge in [-0.1, -0.05) is 24.0 Å². The molecule has 0 saturated carbocycles. The lowest BCUT2D eigenvalue weighted by Gasteiger charge is -1.94. The second kappa shape index (κ2) is 5.05. The van der Waals surface area contributed by atoms with Crippen LogP contribution in [-0.4, -0.2) is 23.4 Å². The summed E-state index contributed by atoms with van der Waals surface area (Å²) < 4.78 is 0.664. The van der Waals surface area contributed by atoms with Crippen LogP contribution in [0.1, 0.15) is 0 Å². The first-order valence-electron chi connectivity index (χ1n) is 2.09. The molecule has 0 aromatic rings. The van der Waals surface area contributed by atoms with E-state index in [4.69, 9.17) is 12.2 Å². The molecule has 0 bridgehead atoms. The van der Waals surface area contributed by atoms with E-state index in [2.05, 4.69) is 5.32 Å². The number of thiocarbonyl (C=S) groups is 1. The van der Waals surface area contributed by atoms with E-state index < -0.39 is 0 Å². The molecule has 0 fully saturated rings. The summed E-state index contributed by atoms with van der Waals surface area (Å²) in [5.41, 5.74) is 0. The molecule has 0 unspecified atom stereocenters. The number of thioether (sulfide) groups is 1. The highest BCUT2D eigenvalue weighted by Crippen LogP contribution is 1.96. The highest BCUT2D eigenvalue weighted by molar-refractivity contribution is 8.23. The van der Waals surface area contributed by atoms with Crippen molar-refractivity contribution in [3.8, 4) is 0 Å². The predicted octanol–water partition coefficient (Wildman–Crippen LogP) is 0.423. The molecule has 0 heterocycles. The van der Waals surface area contributed by atoms with Crippen LogP contribution in [0.5, 0.6) is 0 Å². The van der Waals surface area contributed by atoms with Gasteiger partial charge in [-0.3, -0.25) is 0 Å². The predicted molar refractivity (Wildman–Crippen MR) is 40.2 cm³/mol. The van der Waals surface area contributed by atoms with Crippen molar-refractivity contribution in [3.63, 3.8) is 0 Å². The molecule has 0 spiro atoms. The largest absolute Gasteiger partial charge is 0.374 e. The van der Waals surface area contributed by atoms with Gasteiger partial charge in [0.05, 0.1) is 5.75 Å². The van der Waals surface area contributed by atoms with E-state index in [-0.39, 0.29) is 0 Å². The molecule has 0 atom stereocenters. The van der Waals surface area contributed by atoms with E-state index in [9.17, 15) is 4.79 Å². The normalized spacial score (nSPS) is 8.12. The van der Waals surface area contributed by atoms with E-state index in [0.717, 1.165) is 6.29 Å². The molecular formula is C4H7NOS2. The second-order valence-electron chi connectivity index (χ2n) is 1.02. The van der Waals surface area contributed by atoms with Crippen molar-refractivity contribution >= 4 is 34.6 Å². The van der Waals surface area contributed by atoms with Crippen LogP contribution in [0.25, 0.3) is 0 Å². The maximum Gasteiger partial charge on any atom is 0.133 e. The van der Waals surface area contributed by atoms with Crippen LogP contribution in [0.2, 0.25) is 0 Å². The van der Waals surface area contributed by atoms with Gasteiger partial charge >= 0.3 is 0 Å². The third-order valence-electron chi connectivity index (χ3n) is 0.487. The Balaban J connectivity index is 3.11. The van der Waals surface area contributed by atoms with Crippen LogP contribution < -0.4 is 5.32 Å². The molecule has 1 N–H and O–H groups in total. The fourth-order valence-corrected chi connectivity index (χ4v) is 0.750. The first-order valence-corrected chi connectivity index (χ1v) is 3.48. The third kappa shape index (κ3) is 4.08. The Morgan fingerprint density at radius 1 is 2.00 bits per heavy atom. The Labute approximate surface area is 58.0 Å². The SMILES string of the molecule is CNC(=S)SCC=O. The highest BCUT2D eigenvalue weighted by atomic mass is 32.2. The minimum atomic E-state index is 0.444. The monoisotopic (exact) mass is 149 g/mol. The van der Waals surface area contributed by atoms with Gasteiger partial charge in [-0.15, -0.1) is 0 Å². The van der Waals surface area contributed by atoms with Gasteiger partial charge in [0, 0.05) is 7.05 Å². The lowest BCUT2D eigenvalue weighted by atomic mass is 10.9. The first kappa shape index (κ1) is 7.91. The summed E-state index contributed by atoms with van der Waals surface area (Å²) in [6.45, 7) is 0. The summed E-state index contributed by atoms with van der Waals surface area (Å²) in [6, 6.07) is 0. The third-order valence-corrected chi connectivity index (χ3v) is 1.81. The van der Waals surface area contributed by atoms with Crippen LogP contribution in [0.4, 0.5) is 0 Å². The van der Waals surface area contributed by atoms with Crippen molar-refractivity contribution in [2.24, 2.45) is 0 Å². The van der Waals surface area contributed by atoms with Crippen LogP contribution in [0, 0.1) is 0 Å². The van der Waals surface area contributed by atoms with Crippen molar-refractivity contribution in [3.05, 3.63) is 0 Å². The van der Waals surface area contributed by atoms with E-state index >= 15 is 0 Å². The molecule has 0 rings (SSSR count). The number of hydrogen-bond acceptors (Lipinski definition) is 3. The van der Waals surface area contributed by atoms with E-state index in [1.54, 1.807) is 7.05 Å². The molecule has 8 heavy (non-hydrogen) atoms. The molecule has 0 aliphatic heterocycles. The summed E-state index contributed by atoms with van der Waals surface area (Å²) in [4.78, 5) is 9.72. The van der Waals surface area contributed by atoms with E-state index in [1.165, 1.54) is 11.8 Å². The van der Waals surface area contributed by atoms with Gasteiger partial charge in [0.2, 0.25) is 0 Å². The van der Waals surface area contributed by atoms with Gasteiger partial charge in [-0.25, -0.2) is 0 Å². The number of carbonyl (C=O) groups is 1. The van der Waals surface area contributed by atoms with Crippen molar-refractivity contribution < 1.29 is 4.79 Å². The molecular weight excluding hydrogens is 142 g/mol. The van der Waals surface area contributed by atoms with Gasteiger partial charge in [0.15, 0.2) is 0 Å². The quantitative estimate of drug-likeness (QED) is 0.455. The first-order chi connectivity index (χ1) is 3.81. The van der Waals surface area contributed by atoms with Crippen LogP contribution >= 0.6 is 24.0 Å². The Morgan fingerprint density at radius 2 is 2.62 bits per heavy atom. The summed E-state index contributed by atoms with van der Waals surface area (Å²) >= 11 is 6.04. The number of hydrogen-bond donors (Lipinski definition) is 1. The lowest BCUT2D eigenvalue weighted by molar-refractivity contribution is -0.105. The van der Waals surface area contributed by atoms with Gasteiger partial charge in [0.25, 0.3) is 0 Å². The fourth-order valence-electron chi connectivity index (χ4n) is 0.182. The smallest absolute Gasteiger partial charge is 0.133 e. The second-order valence-corrected chi connectivity index (χ2v) is 2.71. The highest BCUT2D eigenvalue weighted by Gasteiger charge is 1.88. The summed E-state index contributed by atoms with van der Waals surface area (Å²) in [7, 11) is 1.74. The molecule has 0 aliphatic carbocycles. The number of nitrogens with one attached hydrogen (secondary N) is 1. The topological polar surface area (TPSA) is 29.1 Å². The summed E-state index contributed by atoms with van der Waals surface area (Å²) in [5, 5.41) is 2.74. The van der Waals surface area contributed by atoms with Crippen molar-refractivity contribution in [1.29, 1.82) is 0 Å². The minimum Gasteiger partial charge on any atom is -0.374 e. The maximum absolute atomic E-state index is 9.72. The van der Waals surface area contributed by atoms with Gasteiger partial charge < -0.3 is 10.1 Å².